The van der Waals surface area contributed by atoms with Crippen molar-refractivity contribution in [3.63, 3.8) is 0 Å². The summed E-state index contributed by atoms with van der Waals surface area (Å²) in [6.07, 6.45) is 2.02. The van der Waals surface area contributed by atoms with Crippen molar-refractivity contribution in [2.24, 2.45) is 11.1 Å². The lowest BCUT2D eigenvalue weighted by Crippen LogP contribution is -2.52. The third-order valence-electron chi connectivity index (χ3n) is 4.88. The summed E-state index contributed by atoms with van der Waals surface area (Å²) < 4.78 is 6.01. The maximum Gasteiger partial charge on any atom is 0.134 e. The highest BCUT2D eigenvalue weighted by molar-refractivity contribution is 5.82. The SMILES string of the molecule is CCc1oc2ccccc2c1CN1CCC(N)C(C)(C)C1. The molecule has 1 saturated heterocycles. The zero-order valence-electron chi connectivity index (χ0n) is 13.4. The van der Waals surface area contributed by atoms with E-state index >= 15 is 0 Å². The van der Waals surface area contributed by atoms with Crippen molar-refractivity contribution in [2.45, 2.75) is 46.2 Å². The van der Waals surface area contributed by atoms with Crippen LogP contribution >= 0.6 is 0 Å². The van der Waals surface area contributed by atoms with Gasteiger partial charge in [-0.25, -0.2) is 0 Å². The van der Waals surface area contributed by atoms with Crippen LogP contribution in [0.4, 0.5) is 0 Å². The molecular formula is C18H26N2O. The van der Waals surface area contributed by atoms with E-state index in [1.165, 1.54) is 10.9 Å². The monoisotopic (exact) mass is 286 g/mol. The van der Waals surface area contributed by atoms with Crippen LogP contribution in [0.2, 0.25) is 0 Å². The molecule has 2 N–H and O–H groups in total. The lowest BCUT2D eigenvalue weighted by Gasteiger charge is -2.42. The molecule has 114 valence electrons. The quantitative estimate of drug-likeness (QED) is 0.938. The molecule has 0 bridgehead atoms. The van der Waals surface area contributed by atoms with Crippen molar-refractivity contribution in [3.05, 3.63) is 35.6 Å². The number of hydrogen-bond acceptors (Lipinski definition) is 3. The van der Waals surface area contributed by atoms with E-state index in [-0.39, 0.29) is 5.41 Å². The molecule has 0 saturated carbocycles. The molecule has 1 fully saturated rings. The summed E-state index contributed by atoms with van der Waals surface area (Å²) >= 11 is 0. The molecule has 1 aliphatic rings. The third kappa shape index (κ3) is 2.72. The number of nitrogens with zero attached hydrogens (tertiary/aromatic N) is 1. The van der Waals surface area contributed by atoms with E-state index in [0.29, 0.717) is 6.04 Å². The van der Waals surface area contributed by atoms with Crippen LogP contribution in [0.1, 0.15) is 38.5 Å². The van der Waals surface area contributed by atoms with Gasteiger partial charge in [0.2, 0.25) is 0 Å². The number of hydrogen-bond donors (Lipinski definition) is 1. The zero-order valence-corrected chi connectivity index (χ0v) is 13.4. The van der Waals surface area contributed by atoms with Gasteiger partial charge in [0, 0.05) is 43.0 Å². The van der Waals surface area contributed by atoms with E-state index in [1.54, 1.807) is 0 Å². The van der Waals surface area contributed by atoms with Crippen LogP contribution in [0.25, 0.3) is 11.0 Å². The molecule has 3 nitrogen and oxygen atoms in total. The molecule has 0 aliphatic carbocycles. The molecule has 3 heteroatoms. The number of likely N-dealkylation sites (tertiary alicyclic amines) is 1. The molecule has 1 atom stereocenters. The van der Waals surface area contributed by atoms with E-state index < -0.39 is 0 Å². The average molecular weight is 286 g/mol. The van der Waals surface area contributed by atoms with Gasteiger partial charge in [0.15, 0.2) is 0 Å². The molecule has 2 aromatic rings. The van der Waals surface area contributed by atoms with Crippen molar-refractivity contribution < 1.29 is 4.42 Å². The van der Waals surface area contributed by atoms with Crippen LogP contribution in [0, 0.1) is 5.41 Å². The standard InChI is InChI=1S/C18H26N2O/c1-4-15-14(13-7-5-6-8-16(13)21-15)11-20-10-9-17(19)18(2,3)12-20/h5-8,17H,4,9-12,19H2,1-3H3. The second-order valence-corrected chi connectivity index (χ2v) is 6.95. The fourth-order valence-electron chi connectivity index (χ4n) is 3.45. The summed E-state index contributed by atoms with van der Waals surface area (Å²) in [6, 6.07) is 8.68. The molecule has 1 aromatic carbocycles. The number of nitrogens with two attached hydrogens (primary N) is 1. The summed E-state index contributed by atoms with van der Waals surface area (Å²) in [5, 5.41) is 1.27. The number of piperidine rings is 1. The Balaban J connectivity index is 1.88. The van der Waals surface area contributed by atoms with Gasteiger partial charge < -0.3 is 10.2 Å². The molecular weight excluding hydrogens is 260 g/mol. The fraction of sp³-hybridized carbons (Fsp3) is 0.556. The Bertz CT molecular complexity index is 629. The van der Waals surface area contributed by atoms with Crippen LogP contribution in [0.3, 0.4) is 0 Å². The van der Waals surface area contributed by atoms with Crippen LogP contribution in [-0.4, -0.2) is 24.0 Å². The smallest absolute Gasteiger partial charge is 0.134 e. The first-order valence-electron chi connectivity index (χ1n) is 7.98. The first kappa shape index (κ1) is 14.6. The van der Waals surface area contributed by atoms with Crippen molar-refractivity contribution >= 4 is 11.0 Å². The summed E-state index contributed by atoms with van der Waals surface area (Å²) in [6.45, 7) is 9.81. The minimum atomic E-state index is 0.185. The predicted octanol–water partition coefficient (Wildman–Crippen LogP) is 3.55. The minimum absolute atomic E-state index is 0.185. The number of furan rings is 1. The minimum Gasteiger partial charge on any atom is -0.461 e. The number of aryl methyl sites for hydroxylation is 1. The van der Waals surface area contributed by atoms with Gasteiger partial charge >= 0.3 is 0 Å². The Morgan fingerprint density at radius 1 is 1.33 bits per heavy atom. The summed E-state index contributed by atoms with van der Waals surface area (Å²) in [5.41, 5.74) is 8.81. The van der Waals surface area contributed by atoms with E-state index in [0.717, 1.165) is 43.8 Å². The predicted molar refractivity (Wildman–Crippen MR) is 87.2 cm³/mol. The van der Waals surface area contributed by atoms with Gasteiger partial charge in [0.25, 0.3) is 0 Å². The van der Waals surface area contributed by atoms with Gasteiger partial charge in [-0.3, -0.25) is 4.90 Å². The maximum atomic E-state index is 6.25. The van der Waals surface area contributed by atoms with Crippen molar-refractivity contribution in [2.75, 3.05) is 13.1 Å². The van der Waals surface area contributed by atoms with Gasteiger partial charge in [-0.05, 0) is 17.9 Å². The molecule has 0 radical (unpaired) electrons. The van der Waals surface area contributed by atoms with Crippen molar-refractivity contribution in [1.29, 1.82) is 0 Å². The number of rotatable bonds is 3. The van der Waals surface area contributed by atoms with Gasteiger partial charge in [-0.15, -0.1) is 0 Å². The van der Waals surface area contributed by atoms with Gasteiger partial charge in [-0.1, -0.05) is 39.0 Å². The highest BCUT2D eigenvalue weighted by Gasteiger charge is 2.33. The summed E-state index contributed by atoms with van der Waals surface area (Å²) in [4.78, 5) is 2.53. The highest BCUT2D eigenvalue weighted by atomic mass is 16.3. The van der Waals surface area contributed by atoms with E-state index in [4.69, 9.17) is 10.2 Å². The van der Waals surface area contributed by atoms with Gasteiger partial charge in [-0.2, -0.15) is 0 Å². The normalized spacial score (nSPS) is 22.8. The molecule has 3 rings (SSSR count). The van der Waals surface area contributed by atoms with Crippen molar-refractivity contribution in [3.8, 4) is 0 Å². The first-order valence-corrected chi connectivity index (χ1v) is 7.98. The van der Waals surface area contributed by atoms with Crippen molar-refractivity contribution in [1.82, 2.24) is 4.90 Å². The largest absolute Gasteiger partial charge is 0.461 e. The van der Waals surface area contributed by atoms with Crippen LogP contribution in [0.15, 0.2) is 28.7 Å². The molecule has 21 heavy (non-hydrogen) atoms. The van der Waals surface area contributed by atoms with Crippen LogP contribution in [0.5, 0.6) is 0 Å². The first-order chi connectivity index (χ1) is 10.0. The Morgan fingerprint density at radius 2 is 2.10 bits per heavy atom. The molecule has 0 amide bonds. The third-order valence-corrected chi connectivity index (χ3v) is 4.88. The highest BCUT2D eigenvalue weighted by Crippen LogP contribution is 2.32. The second kappa shape index (κ2) is 5.47. The van der Waals surface area contributed by atoms with Gasteiger partial charge in [0.05, 0.1) is 0 Å². The average Bonchev–Trinajstić information content (AvgIpc) is 2.81. The lowest BCUT2D eigenvalue weighted by molar-refractivity contribution is 0.0897. The van der Waals surface area contributed by atoms with Crippen LogP contribution < -0.4 is 5.73 Å². The molecule has 1 aromatic heterocycles. The Labute approximate surface area is 127 Å². The Hall–Kier alpha value is -1.32. The summed E-state index contributed by atoms with van der Waals surface area (Å²) in [7, 11) is 0. The maximum absolute atomic E-state index is 6.25. The topological polar surface area (TPSA) is 42.4 Å². The van der Waals surface area contributed by atoms with E-state index in [1.807, 2.05) is 6.07 Å². The molecule has 1 aliphatic heterocycles. The fourth-order valence-corrected chi connectivity index (χ4v) is 3.45. The number of para-hydroxylation sites is 1. The second-order valence-electron chi connectivity index (χ2n) is 6.95. The summed E-state index contributed by atoms with van der Waals surface area (Å²) in [5.74, 6) is 1.13. The molecule has 1 unspecified atom stereocenters. The molecule has 2 heterocycles. The zero-order chi connectivity index (χ0) is 15.0. The van der Waals surface area contributed by atoms with E-state index in [9.17, 15) is 0 Å². The molecule has 0 spiro atoms. The number of benzene rings is 1. The number of fused-ring (bicyclic) bond motifs is 1. The Kier molecular flexibility index (Phi) is 3.80. The van der Waals surface area contributed by atoms with Gasteiger partial charge in [0.1, 0.15) is 11.3 Å². The van der Waals surface area contributed by atoms with Crippen LogP contribution in [-0.2, 0) is 13.0 Å². The Morgan fingerprint density at radius 3 is 2.81 bits per heavy atom. The lowest BCUT2D eigenvalue weighted by atomic mass is 9.79. The van der Waals surface area contributed by atoms with E-state index in [2.05, 4.69) is 43.9 Å².